The van der Waals surface area contributed by atoms with E-state index in [1.165, 1.54) is 7.11 Å². The van der Waals surface area contributed by atoms with E-state index in [4.69, 9.17) is 9.16 Å². The molecule has 0 aliphatic heterocycles. The summed E-state index contributed by atoms with van der Waals surface area (Å²) in [6, 6.07) is 5.72. The molecule has 23 heavy (non-hydrogen) atoms. The maximum absolute atomic E-state index is 12.1. The van der Waals surface area contributed by atoms with Crippen LogP contribution in [0.5, 0.6) is 0 Å². The van der Waals surface area contributed by atoms with Crippen molar-refractivity contribution in [1.82, 2.24) is 4.98 Å². The van der Waals surface area contributed by atoms with Gasteiger partial charge in [0.15, 0.2) is 8.32 Å². The van der Waals surface area contributed by atoms with Crippen LogP contribution in [0.1, 0.15) is 36.7 Å². The number of hydrogen-bond donors (Lipinski definition) is 0. The zero-order valence-corrected chi connectivity index (χ0v) is 15.8. The Balaban J connectivity index is 2.40. The van der Waals surface area contributed by atoms with Crippen molar-refractivity contribution in [3.63, 3.8) is 0 Å². The normalized spacial score (nSPS) is 12.4. The molecule has 0 N–H and O–H groups in total. The zero-order chi connectivity index (χ0) is 17.3. The molecule has 0 bridgehead atoms. The third-order valence-electron chi connectivity index (χ3n) is 4.66. The number of fused-ring (bicyclic) bond motifs is 1. The number of pyridine rings is 1. The lowest BCUT2D eigenvalue weighted by molar-refractivity contribution is 0.0597. The Morgan fingerprint density at radius 2 is 1.91 bits per heavy atom. The summed E-state index contributed by atoms with van der Waals surface area (Å²) in [5.74, 6) is -0.336. The zero-order valence-electron chi connectivity index (χ0n) is 14.8. The molecule has 1 aromatic heterocycles. The largest absolute Gasteiger partial charge is 0.465 e. The maximum Gasteiger partial charge on any atom is 0.338 e. The molecule has 1 aromatic carbocycles. The van der Waals surface area contributed by atoms with Gasteiger partial charge in [0.05, 0.1) is 19.3 Å². The summed E-state index contributed by atoms with van der Waals surface area (Å²) in [5, 5.41) is 2.09. The van der Waals surface area contributed by atoms with Crippen molar-refractivity contribution in [2.75, 3.05) is 7.11 Å². The SMILES string of the molecule is COC(=O)c1cc2ccncc2cc1CO[Si](C)(C)C(C)(C)C. The van der Waals surface area contributed by atoms with Crippen LogP contribution in [0.25, 0.3) is 10.8 Å². The second kappa shape index (κ2) is 6.41. The van der Waals surface area contributed by atoms with Gasteiger partial charge >= 0.3 is 5.97 Å². The Hall–Kier alpha value is -1.72. The summed E-state index contributed by atoms with van der Waals surface area (Å²) < 4.78 is 11.2. The highest BCUT2D eigenvalue weighted by Gasteiger charge is 2.37. The number of rotatable bonds is 4. The van der Waals surface area contributed by atoms with Gasteiger partial charge in [0, 0.05) is 17.8 Å². The summed E-state index contributed by atoms with van der Waals surface area (Å²) in [6.07, 6.45) is 3.52. The van der Waals surface area contributed by atoms with Crippen LogP contribution >= 0.6 is 0 Å². The number of methoxy groups -OCH3 is 1. The van der Waals surface area contributed by atoms with Crippen LogP contribution in [-0.4, -0.2) is 26.4 Å². The number of carbonyl (C=O) groups is 1. The van der Waals surface area contributed by atoms with Crippen LogP contribution in [0.4, 0.5) is 0 Å². The molecular formula is C18H25NO3Si. The van der Waals surface area contributed by atoms with E-state index in [2.05, 4.69) is 38.8 Å². The molecule has 0 aliphatic rings. The fraction of sp³-hybridized carbons (Fsp3) is 0.444. The predicted molar refractivity (Wildman–Crippen MR) is 95.1 cm³/mol. The van der Waals surface area contributed by atoms with Crippen LogP contribution in [0.15, 0.2) is 30.6 Å². The van der Waals surface area contributed by atoms with Gasteiger partial charge in [0.1, 0.15) is 0 Å². The minimum Gasteiger partial charge on any atom is -0.465 e. The quantitative estimate of drug-likeness (QED) is 0.609. The van der Waals surface area contributed by atoms with Crippen molar-refractivity contribution in [1.29, 1.82) is 0 Å². The Bertz CT molecular complexity index is 720. The summed E-state index contributed by atoms with van der Waals surface area (Å²) in [6.45, 7) is 11.4. The van der Waals surface area contributed by atoms with Gasteiger partial charge in [0.25, 0.3) is 0 Å². The molecule has 4 nitrogen and oxygen atoms in total. The van der Waals surface area contributed by atoms with Gasteiger partial charge < -0.3 is 9.16 Å². The van der Waals surface area contributed by atoms with Gasteiger partial charge in [-0.15, -0.1) is 0 Å². The Morgan fingerprint density at radius 3 is 2.52 bits per heavy atom. The van der Waals surface area contributed by atoms with Crippen molar-refractivity contribution in [2.45, 2.75) is 45.5 Å². The molecule has 0 radical (unpaired) electrons. The van der Waals surface area contributed by atoms with Crippen molar-refractivity contribution in [3.8, 4) is 0 Å². The average molecular weight is 331 g/mol. The van der Waals surface area contributed by atoms with Crippen LogP contribution in [0, 0.1) is 0 Å². The van der Waals surface area contributed by atoms with Gasteiger partial charge in [-0.3, -0.25) is 4.98 Å². The molecule has 0 fully saturated rings. The highest BCUT2D eigenvalue weighted by Crippen LogP contribution is 2.37. The molecule has 0 atom stereocenters. The number of hydrogen-bond acceptors (Lipinski definition) is 4. The van der Waals surface area contributed by atoms with Gasteiger partial charge in [-0.25, -0.2) is 4.79 Å². The predicted octanol–water partition coefficient (Wildman–Crippen LogP) is 4.54. The van der Waals surface area contributed by atoms with Crippen molar-refractivity contribution in [2.24, 2.45) is 0 Å². The highest BCUT2D eigenvalue weighted by atomic mass is 28.4. The first-order chi connectivity index (χ1) is 10.7. The number of nitrogens with zero attached hydrogens (tertiary/aromatic N) is 1. The standard InChI is InChI=1S/C18H25NO3Si/c1-18(2,3)23(5,6)22-12-15-9-14-11-19-8-7-13(14)10-16(15)17(20)21-4/h7-11H,12H2,1-6H3. The molecule has 1 heterocycles. The topological polar surface area (TPSA) is 48.4 Å². The van der Waals surface area contributed by atoms with Gasteiger partial charge in [-0.05, 0) is 47.3 Å². The lowest BCUT2D eigenvalue weighted by Gasteiger charge is -2.36. The Morgan fingerprint density at radius 1 is 1.22 bits per heavy atom. The highest BCUT2D eigenvalue weighted by molar-refractivity contribution is 6.74. The molecule has 0 amide bonds. The Labute approximate surface area is 139 Å². The van der Waals surface area contributed by atoms with Gasteiger partial charge in [-0.2, -0.15) is 0 Å². The molecule has 0 saturated heterocycles. The number of aromatic nitrogens is 1. The van der Waals surface area contributed by atoms with Crippen molar-refractivity contribution < 1.29 is 14.0 Å². The first-order valence-corrected chi connectivity index (χ1v) is 10.7. The number of ether oxygens (including phenoxy) is 1. The van der Waals surface area contributed by atoms with Crippen LogP contribution < -0.4 is 0 Å². The average Bonchev–Trinajstić information content (AvgIpc) is 2.50. The fourth-order valence-electron chi connectivity index (χ4n) is 2.08. The van der Waals surface area contributed by atoms with Gasteiger partial charge in [-0.1, -0.05) is 20.8 Å². The van der Waals surface area contributed by atoms with Crippen molar-refractivity contribution in [3.05, 3.63) is 41.7 Å². The number of esters is 1. The van der Waals surface area contributed by atoms with E-state index in [-0.39, 0.29) is 11.0 Å². The first-order valence-electron chi connectivity index (χ1n) is 7.74. The summed E-state index contributed by atoms with van der Waals surface area (Å²) >= 11 is 0. The second-order valence-electron chi connectivity index (χ2n) is 7.27. The molecule has 0 spiro atoms. The first kappa shape index (κ1) is 17.6. The molecule has 0 unspecified atom stereocenters. The third-order valence-corrected chi connectivity index (χ3v) is 9.14. The van der Waals surface area contributed by atoms with E-state index >= 15 is 0 Å². The number of benzene rings is 1. The molecule has 0 saturated carbocycles. The maximum atomic E-state index is 12.1. The van der Waals surface area contributed by atoms with Crippen LogP contribution in [0.3, 0.4) is 0 Å². The lowest BCUT2D eigenvalue weighted by atomic mass is 10.0. The Kier molecular flexibility index (Phi) is 4.92. The van der Waals surface area contributed by atoms with E-state index in [0.29, 0.717) is 12.2 Å². The monoisotopic (exact) mass is 331 g/mol. The van der Waals surface area contributed by atoms with E-state index in [1.807, 2.05) is 18.2 Å². The molecule has 0 aliphatic carbocycles. The molecular weight excluding hydrogens is 306 g/mol. The minimum atomic E-state index is -1.89. The fourth-order valence-corrected chi connectivity index (χ4v) is 3.03. The summed E-state index contributed by atoms with van der Waals surface area (Å²) in [4.78, 5) is 16.3. The smallest absolute Gasteiger partial charge is 0.338 e. The molecule has 124 valence electrons. The third kappa shape index (κ3) is 3.79. The number of carbonyl (C=O) groups excluding carboxylic acids is 1. The van der Waals surface area contributed by atoms with Crippen molar-refractivity contribution >= 4 is 25.1 Å². The van der Waals surface area contributed by atoms with E-state index in [9.17, 15) is 4.79 Å². The lowest BCUT2D eigenvalue weighted by Crippen LogP contribution is -2.40. The van der Waals surface area contributed by atoms with E-state index in [1.54, 1.807) is 12.4 Å². The van der Waals surface area contributed by atoms with E-state index in [0.717, 1.165) is 16.3 Å². The molecule has 2 aromatic rings. The minimum absolute atomic E-state index is 0.122. The van der Waals surface area contributed by atoms with E-state index < -0.39 is 8.32 Å². The summed E-state index contributed by atoms with van der Waals surface area (Å²) in [7, 11) is -0.490. The second-order valence-corrected chi connectivity index (χ2v) is 12.1. The van der Waals surface area contributed by atoms with Crippen LogP contribution in [-0.2, 0) is 15.8 Å². The summed E-state index contributed by atoms with van der Waals surface area (Å²) in [5.41, 5.74) is 1.41. The molecule has 2 rings (SSSR count). The molecule has 5 heteroatoms. The van der Waals surface area contributed by atoms with Gasteiger partial charge in [0.2, 0.25) is 0 Å². The van der Waals surface area contributed by atoms with Crippen LogP contribution in [0.2, 0.25) is 18.1 Å².